The van der Waals surface area contributed by atoms with Crippen molar-refractivity contribution < 1.29 is 5.11 Å². The highest BCUT2D eigenvalue weighted by Gasteiger charge is 2.45. The van der Waals surface area contributed by atoms with Gasteiger partial charge >= 0.3 is 0 Å². The highest BCUT2D eigenvalue weighted by Crippen LogP contribution is 2.51. The van der Waals surface area contributed by atoms with Crippen LogP contribution < -0.4 is 16.4 Å². The number of aromatic nitrogens is 2. The first-order valence-electron chi connectivity index (χ1n) is 12.0. The van der Waals surface area contributed by atoms with Crippen molar-refractivity contribution in [3.63, 3.8) is 0 Å². The van der Waals surface area contributed by atoms with Crippen LogP contribution in [0.5, 0.6) is 5.75 Å². The Balaban J connectivity index is 0.000000318. The van der Waals surface area contributed by atoms with Gasteiger partial charge in [-0.25, -0.2) is 9.97 Å². The van der Waals surface area contributed by atoms with E-state index >= 15 is 0 Å². The van der Waals surface area contributed by atoms with Crippen LogP contribution in [0.15, 0.2) is 18.5 Å². The summed E-state index contributed by atoms with van der Waals surface area (Å²) in [4.78, 5) is 10.7. The first-order valence-corrected chi connectivity index (χ1v) is 12.0. The van der Waals surface area contributed by atoms with E-state index in [0.29, 0.717) is 18.4 Å². The summed E-state index contributed by atoms with van der Waals surface area (Å²) in [5.41, 5.74) is 15.9. The third-order valence-corrected chi connectivity index (χ3v) is 7.35. The van der Waals surface area contributed by atoms with E-state index in [1.807, 2.05) is 18.0 Å². The van der Waals surface area contributed by atoms with Crippen LogP contribution in [0.1, 0.15) is 69.9 Å². The normalized spacial score (nSPS) is 19.8. The Kier molecular flexibility index (Phi) is 6.24. The van der Waals surface area contributed by atoms with Gasteiger partial charge in [-0.1, -0.05) is 33.1 Å². The monoisotopic (exact) mass is 448 g/mol. The fraction of sp³-hybridized carbons (Fsp3) is 0.577. The Bertz CT molecular complexity index is 1060. The molecule has 7 nitrogen and oxygen atoms in total. The number of fused-ring (bicyclic) bond motifs is 3. The number of nitriles is 1. The van der Waals surface area contributed by atoms with Gasteiger partial charge in [0.25, 0.3) is 0 Å². The number of nitrogens with zero attached hydrogens (tertiary/aromatic N) is 4. The molecule has 2 fully saturated rings. The van der Waals surface area contributed by atoms with Crippen molar-refractivity contribution >= 4 is 11.5 Å². The molecule has 0 aliphatic heterocycles. The van der Waals surface area contributed by atoms with E-state index < -0.39 is 0 Å². The third kappa shape index (κ3) is 4.63. The van der Waals surface area contributed by atoms with Crippen LogP contribution in [0.3, 0.4) is 0 Å². The number of nitrogens with two attached hydrogens (primary N) is 2. The highest BCUT2D eigenvalue weighted by molar-refractivity contribution is 5.83. The van der Waals surface area contributed by atoms with E-state index in [4.69, 9.17) is 11.5 Å². The van der Waals surface area contributed by atoms with Crippen molar-refractivity contribution in [2.45, 2.75) is 76.7 Å². The van der Waals surface area contributed by atoms with Gasteiger partial charge < -0.3 is 21.5 Å². The number of benzene rings is 1. The Hall–Kier alpha value is -2.85. The van der Waals surface area contributed by atoms with E-state index in [1.54, 1.807) is 6.07 Å². The van der Waals surface area contributed by atoms with Gasteiger partial charge in [-0.3, -0.25) is 0 Å². The molecule has 3 aliphatic rings. The molecule has 0 spiro atoms. The summed E-state index contributed by atoms with van der Waals surface area (Å²) in [6.07, 6.45) is 10.7. The molecule has 176 valence electrons. The average molecular weight is 449 g/mol. The van der Waals surface area contributed by atoms with E-state index in [2.05, 4.69) is 29.9 Å². The first-order chi connectivity index (χ1) is 15.7. The second kappa shape index (κ2) is 8.83. The molecule has 0 saturated heterocycles. The van der Waals surface area contributed by atoms with E-state index in [9.17, 15) is 10.4 Å². The number of anilines is 2. The van der Waals surface area contributed by atoms with Gasteiger partial charge in [0.1, 0.15) is 17.9 Å². The average Bonchev–Trinajstić information content (AvgIpc) is 3.54. The van der Waals surface area contributed by atoms with Crippen molar-refractivity contribution in [1.29, 1.82) is 5.26 Å². The molecule has 0 radical (unpaired) electrons. The van der Waals surface area contributed by atoms with Crippen molar-refractivity contribution in [2.24, 2.45) is 11.1 Å². The lowest BCUT2D eigenvalue weighted by Gasteiger charge is -2.36. The fourth-order valence-corrected chi connectivity index (χ4v) is 5.38. The van der Waals surface area contributed by atoms with Gasteiger partial charge in [0, 0.05) is 30.8 Å². The topological polar surface area (TPSA) is 125 Å². The zero-order valence-electron chi connectivity index (χ0n) is 20.1. The lowest BCUT2D eigenvalue weighted by Crippen LogP contribution is -2.32. The molecule has 7 heteroatoms. The number of nitrogen functional groups attached to an aromatic ring is 1. The molecule has 2 saturated carbocycles. The summed E-state index contributed by atoms with van der Waals surface area (Å²) in [6, 6.07) is 6.58. The second-order valence-electron chi connectivity index (χ2n) is 10.6. The molecule has 33 heavy (non-hydrogen) atoms. The Morgan fingerprint density at radius 2 is 1.88 bits per heavy atom. The van der Waals surface area contributed by atoms with Crippen LogP contribution in [0.4, 0.5) is 11.5 Å². The molecule has 0 unspecified atom stereocenters. The van der Waals surface area contributed by atoms with E-state index in [0.717, 1.165) is 47.3 Å². The van der Waals surface area contributed by atoms with Crippen LogP contribution >= 0.6 is 0 Å². The molecule has 1 aromatic heterocycles. The molecular formula is C26H36N6O. The van der Waals surface area contributed by atoms with Crippen molar-refractivity contribution in [2.75, 3.05) is 24.2 Å². The van der Waals surface area contributed by atoms with Gasteiger partial charge in [0.2, 0.25) is 0 Å². The van der Waals surface area contributed by atoms with Gasteiger partial charge in [-0.05, 0) is 55.2 Å². The van der Waals surface area contributed by atoms with Crippen molar-refractivity contribution in [3.05, 3.63) is 29.6 Å². The quantitative estimate of drug-likeness (QED) is 0.640. The van der Waals surface area contributed by atoms with Gasteiger partial charge in [0.05, 0.1) is 22.9 Å². The molecule has 5 rings (SSSR count). The maximum Gasteiger partial charge on any atom is 0.139 e. The maximum atomic E-state index is 10.6. The molecule has 3 aliphatic carbocycles. The highest BCUT2D eigenvalue weighted by atomic mass is 16.3. The van der Waals surface area contributed by atoms with Crippen molar-refractivity contribution in [1.82, 2.24) is 9.97 Å². The zero-order valence-corrected chi connectivity index (χ0v) is 20.1. The Morgan fingerprint density at radius 3 is 2.45 bits per heavy atom. The molecule has 5 N–H and O–H groups in total. The Labute approximate surface area is 196 Å². The van der Waals surface area contributed by atoms with Crippen molar-refractivity contribution in [3.8, 4) is 23.1 Å². The van der Waals surface area contributed by atoms with Crippen LogP contribution in [0.2, 0.25) is 0 Å². The van der Waals surface area contributed by atoms with Crippen LogP contribution in [-0.2, 0) is 11.8 Å². The molecule has 2 aromatic rings. The van der Waals surface area contributed by atoms with Crippen LogP contribution in [0, 0.1) is 16.7 Å². The predicted molar refractivity (Wildman–Crippen MR) is 132 cm³/mol. The van der Waals surface area contributed by atoms with E-state index in [-0.39, 0.29) is 16.6 Å². The molecule has 0 amide bonds. The lowest BCUT2D eigenvalue weighted by molar-refractivity contribution is 0.441. The number of hydrogen-bond donors (Lipinski definition) is 3. The largest absolute Gasteiger partial charge is 0.506 e. The van der Waals surface area contributed by atoms with Gasteiger partial charge in [-0.2, -0.15) is 5.26 Å². The summed E-state index contributed by atoms with van der Waals surface area (Å²) in [6.45, 7) is 4.87. The van der Waals surface area contributed by atoms with Gasteiger partial charge in [0.15, 0.2) is 0 Å². The minimum Gasteiger partial charge on any atom is -0.506 e. The lowest BCUT2D eigenvalue weighted by atomic mass is 9.71. The summed E-state index contributed by atoms with van der Waals surface area (Å²) in [7, 11) is 1.95. The summed E-state index contributed by atoms with van der Waals surface area (Å²) >= 11 is 0. The number of rotatable bonds is 3. The molecule has 1 heterocycles. The van der Waals surface area contributed by atoms with Gasteiger partial charge in [-0.15, -0.1) is 0 Å². The zero-order chi connectivity index (χ0) is 23.8. The minimum absolute atomic E-state index is 0.237. The third-order valence-electron chi connectivity index (χ3n) is 7.35. The fourth-order valence-electron chi connectivity index (χ4n) is 5.38. The summed E-state index contributed by atoms with van der Waals surface area (Å²) in [5.74, 6) is 0.747. The molecule has 1 aromatic carbocycles. The maximum absolute atomic E-state index is 10.6. The van der Waals surface area contributed by atoms with Crippen LogP contribution in [0.25, 0.3) is 11.3 Å². The smallest absolute Gasteiger partial charge is 0.139 e. The number of aromatic hydroxyl groups is 1. The van der Waals surface area contributed by atoms with Crippen LogP contribution in [-0.4, -0.2) is 34.7 Å². The van der Waals surface area contributed by atoms with E-state index in [1.165, 1.54) is 38.4 Å². The first kappa shape index (κ1) is 23.3. The molecular weight excluding hydrogens is 412 g/mol. The molecule has 0 atom stereocenters. The second-order valence-corrected chi connectivity index (χ2v) is 10.6. The Morgan fingerprint density at radius 1 is 1.18 bits per heavy atom. The SMILES string of the molecule is CN(CC1(C#N)CC1)c1c(O)ccc2c1CC(C)(C)c1c(N)ncnc1-2.NC1CCCCC1. The predicted octanol–water partition coefficient (Wildman–Crippen LogP) is 4.28. The standard InChI is InChI=1S/C20H23N5O.C6H13N/c1-19(2)8-13-12(16-15(19)18(22)24-11-23-16)4-5-14(26)17(13)25(3)10-20(9-21)6-7-20;7-6-4-2-1-3-5-6/h4-5,11,26H,6-8,10H2,1-3H3,(H2,22,23,24);6H,1-5,7H2. The summed E-state index contributed by atoms with van der Waals surface area (Å²) in [5, 5.41) is 20.1. The minimum atomic E-state index is -0.279. The number of hydrogen-bond acceptors (Lipinski definition) is 7. The number of phenolic OH excluding ortho intramolecular Hbond substituents is 1. The molecule has 0 bridgehead atoms. The number of phenols is 1. The summed E-state index contributed by atoms with van der Waals surface area (Å²) < 4.78 is 0.